The molecular formula is C22H28F3N7O2. The molecule has 184 valence electrons. The third kappa shape index (κ3) is 8.08. The van der Waals surface area contributed by atoms with E-state index in [9.17, 15) is 23.2 Å². The van der Waals surface area contributed by atoms with Crippen molar-refractivity contribution in [2.24, 2.45) is 5.73 Å². The van der Waals surface area contributed by atoms with Gasteiger partial charge in [0.1, 0.15) is 23.2 Å². The van der Waals surface area contributed by atoms with E-state index in [0.717, 1.165) is 6.42 Å². The van der Waals surface area contributed by atoms with Crippen molar-refractivity contribution >= 4 is 17.7 Å². The summed E-state index contributed by atoms with van der Waals surface area (Å²) < 4.78 is 41.7. The number of benzene rings is 1. The van der Waals surface area contributed by atoms with Crippen LogP contribution in [0.2, 0.25) is 0 Å². The number of hydrogen-bond acceptors (Lipinski definition) is 8. The Bertz CT molecular complexity index is 995. The van der Waals surface area contributed by atoms with Crippen LogP contribution in [0.25, 0.3) is 0 Å². The van der Waals surface area contributed by atoms with Crippen molar-refractivity contribution in [3.05, 3.63) is 41.6 Å². The van der Waals surface area contributed by atoms with Gasteiger partial charge in [0.25, 0.3) is 0 Å². The molecule has 1 fully saturated rings. The number of carbonyl (C=O) groups is 1. The first-order valence-electron chi connectivity index (χ1n) is 10.9. The molecule has 1 aromatic heterocycles. The summed E-state index contributed by atoms with van der Waals surface area (Å²) >= 11 is 0. The lowest BCUT2D eigenvalue weighted by atomic mass is 10.2. The van der Waals surface area contributed by atoms with Crippen LogP contribution in [0.1, 0.15) is 37.8 Å². The lowest BCUT2D eigenvalue weighted by Gasteiger charge is -2.16. The number of halogens is 3. The molecule has 9 nitrogen and oxygen atoms in total. The molecule has 12 heteroatoms. The molecule has 0 saturated carbocycles. The van der Waals surface area contributed by atoms with Crippen molar-refractivity contribution in [3.8, 4) is 11.8 Å². The van der Waals surface area contributed by atoms with E-state index in [1.807, 2.05) is 19.9 Å². The second-order valence-electron chi connectivity index (χ2n) is 7.14. The summed E-state index contributed by atoms with van der Waals surface area (Å²) in [5.74, 6) is -0.0572. The second-order valence-corrected chi connectivity index (χ2v) is 7.14. The Morgan fingerprint density at radius 2 is 2.06 bits per heavy atom. The molecule has 1 aliphatic rings. The number of carbonyl (C=O) groups excluding carboxylic acids is 1. The van der Waals surface area contributed by atoms with Crippen molar-refractivity contribution in [2.75, 3.05) is 30.3 Å². The molecule has 3 rings (SSSR count). The maximum Gasteiger partial charge on any atom is 0.573 e. The van der Waals surface area contributed by atoms with Crippen LogP contribution < -0.4 is 21.1 Å². The number of para-hydroxylation sites is 1. The Morgan fingerprint density at radius 1 is 1.32 bits per heavy atom. The van der Waals surface area contributed by atoms with Gasteiger partial charge in [0.05, 0.1) is 6.20 Å². The van der Waals surface area contributed by atoms with Crippen LogP contribution in [0, 0.1) is 11.3 Å². The highest BCUT2D eigenvalue weighted by Crippen LogP contribution is 2.26. The van der Waals surface area contributed by atoms with Gasteiger partial charge in [0.15, 0.2) is 0 Å². The number of nitrogens with two attached hydrogens (primary N) is 1. The van der Waals surface area contributed by atoms with E-state index in [-0.39, 0.29) is 60.1 Å². The lowest BCUT2D eigenvalue weighted by Crippen LogP contribution is -2.32. The number of amides is 1. The van der Waals surface area contributed by atoms with E-state index in [1.54, 1.807) is 11.0 Å². The molecule has 2 aromatic rings. The van der Waals surface area contributed by atoms with Crippen molar-refractivity contribution in [2.45, 2.75) is 45.6 Å². The molecule has 34 heavy (non-hydrogen) atoms. The van der Waals surface area contributed by atoms with Crippen LogP contribution in [0.4, 0.5) is 24.9 Å². The highest BCUT2D eigenvalue weighted by atomic mass is 19.4. The van der Waals surface area contributed by atoms with Crippen LogP contribution in [-0.2, 0) is 11.3 Å². The van der Waals surface area contributed by atoms with Crippen LogP contribution in [-0.4, -0.2) is 52.8 Å². The molecule has 1 saturated heterocycles. The van der Waals surface area contributed by atoms with Gasteiger partial charge >= 0.3 is 6.36 Å². The average Bonchev–Trinajstić information content (AvgIpc) is 3.25. The molecule has 0 radical (unpaired) electrons. The molecule has 2 heterocycles. The Hall–Kier alpha value is -3.59. The van der Waals surface area contributed by atoms with E-state index in [4.69, 9.17) is 5.73 Å². The summed E-state index contributed by atoms with van der Waals surface area (Å²) in [5.41, 5.74) is 6.24. The Morgan fingerprint density at radius 3 is 2.71 bits per heavy atom. The highest BCUT2D eigenvalue weighted by Gasteiger charge is 2.32. The maximum absolute atomic E-state index is 12.6. The molecule has 0 aliphatic carbocycles. The van der Waals surface area contributed by atoms with Crippen LogP contribution >= 0.6 is 0 Å². The summed E-state index contributed by atoms with van der Waals surface area (Å²) in [7, 11) is 0. The zero-order valence-electron chi connectivity index (χ0n) is 19.0. The lowest BCUT2D eigenvalue weighted by molar-refractivity contribution is -0.274. The van der Waals surface area contributed by atoms with Gasteiger partial charge in [0, 0.05) is 44.2 Å². The second kappa shape index (κ2) is 12.6. The Labute approximate surface area is 196 Å². The van der Waals surface area contributed by atoms with E-state index in [2.05, 4.69) is 25.3 Å². The van der Waals surface area contributed by atoms with Gasteiger partial charge in [0.2, 0.25) is 11.9 Å². The third-order valence-corrected chi connectivity index (χ3v) is 4.75. The molecule has 1 aromatic carbocycles. The highest BCUT2D eigenvalue weighted by molar-refractivity contribution is 5.77. The molecule has 1 aliphatic heterocycles. The summed E-state index contributed by atoms with van der Waals surface area (Å²) in [6, 6.07) is 7.66. The van der Waals surface area contributed by atoms with Gasteiger partial charge < -0.3 is 26.0 Å². The maximum atomic E-state index is 12.6. The van der Waals surface area contributed by atoms with Crippen molar-refractivity contribution in [1.29, 1.82) is 5.26 Å². The van der Waals surface area contributed by atoms with Crippen molar-refractivity contribution in [1.82, 2.24) is 14.9 Å². The van der Waals surface area contributed by atoms with E-state index in [1.165, 1.54) is 24.4 Å². The number of anilines is 2. The number of ether oxygens (including phenoxy) is 1. The number of alkyl halides is 3. The SMILES string of the molecule is CC.N#Cc1cnc(NCc2ccccc2OC(F)(F)F)nc1NCCC(=O)N1CCC(N)C1. The summed E-state index contributed by atoms with van der Waals surface area (Å²) in [5, 5.41) is 15.0. The average molecular weight is 480 g/mol. The van der Waals surface area contributed by atoms with Crippen molar-refractivity contribution < 1.29 is 22.7 Å². The first-order valence-corrected chi connectivity index (χ1v) is 10.9. The fourth-order valence-corrected chi connectivity index (χ4v) is 3.19. The first-order chi connectivity index (χ1) is 16.2. The van der Waals surface area contributed by atoms with Gasteiger partial charge in [-0.3, -0.25) is 4.79 Å². The number of likely N-dealkylation sites (tertiary alicyclic amines) is 1. The predicted molar refractivity (Wildman–Crippen MR) is 121 cm³/mol. The standard InChI is InChI=1S/C20H22F3N7O2.C2H6/c21-20(22,23)32-16-4-2-1-3-13(16)10-27-19-28-11-14(9-24)18(29-19)26-7-5-17(31)30-8-6-15(25)12-30;1-2/h1-4,11,15H,5-8,10,12,25H2,(H2,26,27,28,29);1-2H3. The molecule has 1 unspecified atom stereocenters. The largest absolute Gasteiger partial charge is 0.573 e. The Kier molecular flexibility index (Phi) is 9.88. The zero-order chi connectivity index (χ0) is 25.1. The van der Waals surface area contributed by atoms with E-state index < -0.39 is 6.36 Å². The smallest absolute Gasteiger partial charge is 0.405 e. The number of aromatic nitrogens is 2. The molecule has 1 atom stereocenters. The molecule has 0 spiro atoms. The van der Waals surface area contributed by atoms with Gasteiger partial charge in [-0.25, -0.2) is 4.98 Å². The Balaban J connectivity index is 0.00000199. The zero-order valence-corrected chi connectivity index (χ0v) is 19.0. The number of rotatable bonds is 8. The van der Waals surface area contributed by atoms with Gasteiger partial charge in [-0.2, -0.15) is 10.2 Å². The molecular weight excluding hydrogens is 451 g/mol. The summed E-state index contributed by atoms with van der Waals surface area (Å²) in [6.07, 6.45) is -2.55. The fourth-order valence-electron chi connectivity index (χ4n) is 3.19. The topological polar surface area (TPSA) is 129 Å². The number of nitrogens with zero attached hydrogens (tertiary/aromatic N) is 4. The number of hydrogen-bond donors (Lipinski definition) is 3. The van der Waals surface area contributed by atoms with Gasteiger partial charge in [-0.1, -0.05) is 32.0 Å². The number of nitriles is 1. The van der Waals surface area contributed by atoms with Crippen LogP contribution in [0.15, 0.2) is 30.5 Å². The predicted octanol–water partition coefficient (Wildman–Crippen LogP) is 3.25. The van der Waals surface area contributed by atoms with Gasteiger partial charge in [-0.15, -0.1) is 13.2 Å². The molecule has 4 N–H and O–H groups in total. The van der Waals surface area contributed by atoms with Gasteiger partial charge in [-0.05, 0) is 12.5 Å². The number of nitrogens with one attached hydrogen (secondary N) is 2. The van der Waals surface area contributed by atoms with E-state index in [0.29, 0.717) is 13.1 Å². The normalized spacial score (nSPS) is 15.1. The minimum absolute atomic E-state index is 0.000685. The minimum Gasteiger partial charge on any atom is -0.405 e. The van der Waals surface area contributed by atoms with E-state index >= 15 is 0 Å². The summed E-state index contributed by atoms with van der Waals surface area (Å²) in [6.45, 7) is 5.37. The first kappa shape index (κ1) is 26.7. The fraction of sp³-hybridized carbons (Fsp3) is 0.455. The quantitative estimate of drug-likeness (QED) is 0.526. The molecule has 1 amide bonds. The monoisotopic (exact) mass is 479 g/mol. The van der Waals surface area contributed by atoms with Crippen LogP contribution in [0.5, 0.6) is 5.75 Å². The minimum atomic E-state index is -4.81. The summed E-state index contributed by atoms with van der Waals surface area (Å²) in [4.78, 5) is 22.1. The third-order valence-electron chi connectivity index (χ3n) is 4.75. The van der Waals surface area contributed by atoms with Crippen molar-refractivity contribution in [3.63, 3.8) is 0 Å². The molecule has 0 bridgehead atoms. The van der Waals surface area contributed by atoms with Crippen LogP contribution in [0.3, 0.4) is 0 Å².